The maximum absolute atomic E-state index is 4.53. The highest BCUT2D eigenvalue weighted by Crippen LogP contribution is 2.20. The van der Waals surface area contributed by atoms with Crippen LogP contribution in [0.2, 0.25) is 0 Å². The van der Waals surface area contributed by atoms with Crippen molar-refractivity contribution >= 4 is 21.6 Å². The summed E-state index contributed by atoms with van der Waals surface area (Å²) in [7, 11) is 4.05. The summed E-state index contributed by atoms with van der Waals surface area (Å²) in [4.78, 5) is 6.45. The van der Waals surface area contributed by atoms with Crippen molar-refractivity contribution in [1.29, 1.82) is 0 Å². The van der Waals surface area contributed by atoms with Gasteiger partial charge < -0.3 is 4.90 Å². The Hall–Kier alpha value is -2.14. The smallest absolute Gasteiger partial charge is 0.181 e. The minimum absolute atomic E-state index is 0.725. The molecule has 0 saturated heterocycles. The number of nitrogens with zero attached hydrogens (tertiary/aromatic N) is 4. The van der Waals surface area contributed by atoms with Crippen LogP contribution in [0, 0.1) is 0 Å². The molecule has 0 aliphatic rings. The largest absolute Gasteiger partial charge is 0.378 e. The number of anilines is 1. The van der Waals surface area contributed by atoms with E-state index < -0.39 is 0 Å². The molecule has 0 bridgehead atoms. The molecule has 0 saturated carbocycles. The number of benzene rings is 2. The Morgan fingerprint density at radius 2 is 1.62 bits per heavy atom. The average Bonchev–Trinajstić information content (AvgIpc) is 2.98. The van der Waals surface area contributed by atoms with Crippen molar-refractivity contribution < 1.29 is 0 Å². The van der Waals surface area contributed by atoms with E-state index in [1.165, 1.54) is 0 Å². The third-order valence-corrected chi connectivity index (χ3v) is 3.75. The van der Waals surface area contributed by atoms with Crippen molar-refractivity contribution in [1.82, 2.24) is 14.8 Å². The van der Waals surface area contributed by atoms with E-state index in [2.05, 4.69) is 43.0 Å². The molecule has 4 nitrogen and oxygen atoms in total. The molecule has 0 aliphatic heterocycles. The summed E-state index contributed by atoms with van der Waals surface area (Å²) in [6.07, 6.45) is 1.73. The lowest BCUT2D eigenvalue weighted by Gasteiger charge is -2.11. The number of halogens is 1. The van der Waals surface area contributed by atoms with Crippen molar-refractivity contribution in [3.8, 4) is 17.1 Å². The average molecular weight is 343 g/mol. The molecule has 3 rings (SSSR count). The Labute approximate surface area is 132 Å². The zero-order valence-corrected chi connectivity index (χ0v) is 13.4. The molecule has 0 spiro atoms. The van der Waals surface area contributed by atoms with Crippen LogP contribution in [-0.4, -0.2) is 28.9 Å². The van der Waals surface area contributed by atoms with Gasteiger partial charge in [0.1, 0.15) is 6.33 Å². The van der Waals surface area contributed by atoms with Crippen molar-refractivity contribution in [2.75, 3.05) is 19.0 Å². The van der Waals surface area contributed by atoms with Crippen LogP contribution in [0.15, 0.2) is 59.3 Å². The molecule has 0 fully saturated rings. The first kappa shape index (κ1) is 13.8. The molecule has 1 aromatic heterocycles. The molecule has 2 aromatic carbocycles. The lowest BCUT2D eigenvalue weighted by molar-refractivity contribution is 0.882. The normalized spacial score (nSPS) is 10.6. The predicted octanol–water partition coefficient (Wildman–Crippen LogP) is 3.76. The van der Waals surface area contributed by atoms with Crippen LogP contribution in [0.3, 0.4) is 0 Å². The second-order valence-electron chi connectivity index (χ2n) is 4.93. The van der Waals surface area contributed by atoms with Gasteiger partial charge in [0.25, 0.3) is 0 Å². The molecule has 106 valence electrons. The van der Waals surface area contributed by atoms with Crippen molar-refractivity contribution in [2.24, 2.45) is 0 Å². The summed E-state index contributed by atoms with van der Waals surface area (Å²) < 4.78 is 2.83. The van der Waals surface area contributed by atoms with E-state index >= 15 is 0 Å². The van der Waals surface area contributed by atoms with Gasteiger partial charge in [-0.1, -0.05) is 15.9 Å². The van der Waals surface area contributed by atoms with Gasteiger partial charge in [0.15, 0.2) is 5.82 Å². The standard InChI is InChI=1S/C16H15BrN4/c1-20(2)14-7-3-12(4-8-14)16-18-11-21(19-16)15-9-5-13(17)6-10-15/h3-11H,1-2H3. The quantitative estimate of drug-likeness (QED) is 0.726. The van der Waals surface area contributed by atoms with Crippen molar-refractivity contribution in [2.45, 2.75) is 0 Å². The SMILES string of the molecule is CN(C)c1ccc(-c2ncn(-c3ccc(Br)cc3)n2)cc1. The molecule has 0 atom stereocenters. The molecule has 0 aliphatic carbocycles. The molecule has 21 heavy (non-hydrogen) atoms. The van der Waals surface area contributed by atoms with Gasteiger partial charge in [-0.3, -0.25) is 0 Å². The van der Waals surface area contributed by atoms with E-state index in [0.29, 0.717) is 0 Å². The molecule has 0 radical (unpaired) electrons. The topological polar surface area (TPSA) is 34.0 Å². The summed E-state index contributed by atoms with van der Waals surface area (Å²) >= 11 is 3.43. The third-order valence-electron chi connectivity index (χ3n) is 3.22. The van der Waals surface area contributed by atoms with Gasteiger partial charge in [-0.25, -0.2) is 9.67 Å². The summed E-state index contributed by atoms with van der Waals surface area (Å²) in [6, 6.07) is 16.2. The first-order valence-electron chi connectivity index (χ1n) is 6.59. The Bertz CT molecular complexity index is 730. The van der Waals surface area contributed by atoms with Gasteiger partial charge >= 0.3 is 0 Å². The summed E-state index contributed by atoms with van der Waals surface area (Å²) in [5.74, 6) is 0.725. The lowest BCUT2D eigenvalue weighted by atomic mass is 10.2. The van der Waals surface area contributed by atoms with Crippen molar-refractivity contribution in [3.63, 3.8) is 0 Å². The second kappa shape index (κ2) is 5.69. The fraction of sp³-hybridized carbons (Fsp3) is 0.125. The highest BCUT2D eigenvalue weighted by molar-refractivity contribution is 9.10. The molecule has 0 N–H and O–H groups in total. The van der Waals surface area contributed by atoms with Crippen LogP contribution in [0.4, 0.5) is 5.69 Å². The van der Waals surface area contributed by atoms with E-state index in [1.807, 2.05) is 50.5 Å². The van der Waals surface area contributed by atoms with Gasteiger partial charge in [-0.05, 0) is 48.5 Å². The fourth-order valence-corrected chi connectivity index (χ4v) is 2.29. The molecule has 3 aromatic rings. The first-order valence-corrected chi connectivity index (χ1v) is 7.38. The number of hydrogen-bond acceptors (Lipinski definition) is 3. The Morgan fingerprint density at radius 1 is 0.952 bits per heavy atom. The van der Waals surface area contributed by atoms with Crippen LogP contribution in [0.5, 0.6) is 0 Å². The maximum atomic E-state index is 4.53. The molecule has 1 heterocycles. The summed E-state index contributed by atoms with van der Waals surface area (Å²) in [5, 5.41) is 4.53. The van der Waals surface area contributed by atoms with E-state index in [1.54, 1.807) is 11.0 Å². The third kappa shape index (κ3) is 2.97. The van der Waals surface area contributed by atoms with Crippen LogP contribution in [0.1, 0.15) is 0 Å². The van der Waals surface area contributed by atoms with E-state index in [4.69, 9.17) is 0 Å². The lowest BCUT2D eigenvalue weighted by Crippen LogP contribution is -2.07. The molecular formula is C16H15BrN4. The second-order valence-corrected chi connectivity index (χ2v) is 5.85. The van der Waals surface area contributed by atoms with Crippen LogP contribution in [-0.2, 0) is 0 Å². The zero-order chi connectivity index (χ0) is 14.8. The monoisotopic (exact) mass is 342 g/mol. The highest BCUT2D eigenvalue weighted by Gasteiger charge is 2.06. The highest BCUT2D eigenvalue weighted by atomic mass is 79.9. The summed E-state index contributed by atoms with van der Waals surface area (Å²) in [5.41, 5.74) is 3.16. The molecule has 5 heteroatoms. The predicted molar refractivity (Wildman–Crippen MR) is 88.8 cm³/mol. The van der Waals surface area contributed by atoms with E-state index in [0.717, 1.165) is 27.2 Å². The van der Waals surface area contributed by atoms with Crippen molar-refractivity contribution in [3.05, 3.63) is 59.3 Å². The minimum Gasteiger partial charge on any atom is -0.378 e. The van der Waals surface area contributed by atoms with Crippen LogP contribution in [0.25, 0.3) is 17.1 Å². The van der Waals surface area contributed by atoms with Gasteiger partial charge in [0.05, 0.1) is 5.69 Å². The van der Waals surface area contributed by atoms with Gasteiger partial charge in [0.2, 0.25) is 0 Å². The Balaban J connectivity index is 1.89. The van der Waals surface area contributed by atoms with E-state index in [-0.39, 0.29) is 0 Å². The zero-order valence-electron chi connectivity index (χ0n) is 11.9. The molecular weight excluding hydrogens is 328 g/mol. The van der Waals surface area contributed by atoms with Gasteiger partial charge in [-0.15, -0.1) is 5.10 Å². The number of rotatable bonds is 3. The Kier molecular flexibility index (Phi) is 3.75. The van der Waals surface area contributed by atoms with E-state index in [9.17, 15) is 0 Å². The van der Waals surface area contributed by atoms with Gasteiger partial charge in [0, 0.05) is 29.8 Å². The molecule has 0 amide bonds. The number of hydrogen-bond donors (Lipinski definition) is 0. The minimum atomic E-state index is 0.725. The van der Waals surface area contributed by atoms with Crippen LogP contribution < -0.4 is 4.90 Å². The van der Waals surface area contributed by atoms with Gasteiger partial charge in [-0.2, -0.15) is 0 Å². The van der Waals surface area contributed by atoms with Crippen LogP contribution >= 0.6 is 15.9 Å². The maximum Gasteiger partial charge on any atom is 0.181 e. The first-order chi connectivity index (χ1) is 10.1. The summed E-state index contributed by atoms with van der Waals surface area (Å²) in [6.45, 7) is 0. The molecule has 0 unspecified atom stereocenters. The Morgan fingerprint density at radius 3 is 2.24 bits per heavy atom. The fourth-order valence-electron chi connectivity index (χ4n) is 2.02. The number of aromatic nitrogens is 3.